The van der Waals surface area contributed by atoms with Crippen molar-refractivity contribution in [3.05, 3.63) is 41.9 Å². The van der Waals surface area contributed by atoms with E-state index in [2.05, 4.69) is 25.6 Å². The highest BCUT2D eigenvalue weighted by Gasteiger charge is 2.33. The van der Waals surface area contributed by atoms with E-state index < -0.39 is 11.9 Å². The SMILES string of the molecule is CCNc1nc(NCCc2ccccn2)cc(C(F)(F)F)n1. The number of rotatable bonds is 6. The molecule has 0 aliphatic carbocycles. The van der Waals surface area contributed by atoms with E-state index in [0.29, 0.717) is 19.5 Å². The zero-order valence-electron chi connectivity index (χ0n) is 12.0. The maximum absolute atomic E-state index is 12.8. The highest BCUT2D eigenvalue weighted by Crippen LogP contribution is 2.29. The van der Waals surface area contributed by atoms with Crippen LogP contribution < -0.4 is 10.6 Å². The van der Waals surface area contributed by atoms with Gasteiger partial charge in [-0.25, -0.2) is 4.98 Å². The Morgan fingerprint density at radius 3 is 2.59 bits per heavy atom. The highest BCUT2D eigenvalue weighted by atomic mass is 19.4. The van der Waals surface area contributed by atoms with E-state index in [9.17, 15) is 13.2 Å². The Bertz CT molecular complexity index is 601. The molecule has 0 saturated carbocycles. The molecule has 2 rings (SSSR count). The molecule has 0 aliphatic heterocycles. The molecule has 118 valence electrons. The molecule has 2 aromatic heterocycles. The van der Waals surface area contributed by atoms with Crippen molar-refractivity contribution >= 4 is 11.8 Å². The van der Waals surface area contributed by atoms with E-state index in [-0.39, 0.29) is 11.8 Å². The van der Waals surface area contributed by atoms with Crippen molar-refractivity contribution in [2.24, 2.45) is 0 Å². The average Bonchev–Trinajstić information content (AvgIpc) is 2.48. The normalized spacial score (nSPS) is 11.3. The van der Waals surface area contributed by atoms with Gasteiger partial charge < -0.3 is 10.6 Å². The lowest BCUT2D eigenvalue weighted by molar-refractivity contribution is -0.141. The lowest BCUT2D eigenvalue weighted by Crippen LogP contribution is -2.15. The number of pyridine rings is 1. The standard InChI is InChI=1S/C14H16F3N5/c1-2-18-13-21-11(14(15,16)17)9-12(22-13)20-8-6-10-5-3-4-7-19-10/h3-5,7,9H,2,6,8H2,1H3,(H2,18,20,21,22). The Hall–Kier alpha value is -2.38. The monoisotopic (exact) mass is 311 g/mol. The minimum Gasteiger partial charge on any atom is -0.370 e. The van der Waals surface area contributed by atoms with Crippen molar-refractivity contribution in [3.63, 3.8) is 0 Å². The first-order chi connectivity index (χ1) is 10.5. The molecular formula is C14H16F3N5. The van der Waals surface area contributed by atoms with E-state index in [0.717, 1.165) is 11.8 Å². The fourth-order valence-corrected chi connectivity index (χ4v) is 1.78. The van der Waals surface area contributed by atoms with Crippen LogP contribution in [-0.2, 0) is 12.6 Å². The summed E-state index contributed by atoms with van der Waals surface area (Å²) in [5, 5.41) is 5.57. The van der Waals surface area contributed by atoms with Crippen molar-refractivity contribution in [3.8, 4) is 0 Å². The van der Waals surface area contributed by atoms with Gasteiger partial charge in [-0.2, -0.15) is 18.2 Å². The summed E-state index contributed by atoms with van der Waals surface area (Å²) in [6, 6.07) is 6.42. The third kappa shape index (κ3) is 4.57. The Morgan fingerprint density at radius 2 is 1.95 bits per heavy atom. The Morgan fingerprint density at radius 1 is 1.14 bits per heavy atom. The lowest BCUT2D eigenvalue weighted by atomic mass is 10.2. The molecule has 0 unspecified atom stereocenters. The first-order valence-corrected chi connectivity index (χ1v) is 6.83. The molecule has 2 aromatic rings. The molecule has 22 heavy (non-hydrogen) atoms. The molecule has 0 aromatic carbocycles. The summed E-state index contributed by atoms with van der Waals surface area (Å²) < 4.78 is 38.5. The van der Waals surface area contributed by atoms with Crippen molar-refractivity contribution in [1.29, 1.82) is 0 Å². The predicted octanol–water partition coefficient (Wildman–Crippen LogP) is 2.98. The van der Waals surface area contributed by atoms with Crippen LogP contribution in [0.3, 0.4) is 0 Å². The molecule has 5 nitrogen and oxygen atoms in total. The molecule has 0 spiro atoms. The largest absolute Gasteiger partial charge is 0.433 e. The van der Waals surface area contributed by atoms with E-state index >= 15 is 0 Å². The molecule has 2 heterocycles. The summed E-state index contributed by atoms with van der Waals surface area (Å²) in [4.78, 5) is 11.6. The summed E-state index contributed by atoms with van der Waals surface area (Å²) in [6.07, 6.45) is -2.25. The van der Waals surface area contributed by atoms with Crippen LogP contribution in [0.2, 0.25) is 0 Å². The van der Waals surface area contributed by atoms with Gasteiger partial charge in [0.25, 0.3) is 0 Å². The van der Waals surface area contributed by atoms with Crippen molar-refractivity contribution in [1.82, 2.24) is 15.0 Å². The topological polar surface area (TPSA) is 62.7 Å². The number of nitrogens with zero attached hydrogens (tertiary/aromatic N) is 3. The molecule has 0 saturated heterocycles. The van der Waals surface area contributed by atoms with Crippen LogP contribution in [0.5, 0.6) is 0 Å². The van der Waals surface area contributed by atoms with Gasteiger partial charge in [0, 0.05) is 37.5 Å². The Labute approximate surface area is 126 Å². The summed E-state index contributed by atoms with van der Waals surface area (Å²) in [7, 11) is 0. The van der Waals surface area contributed by atoms with E-state index in [1.54, 1.807) is 19.2 Å². The van der Waals surface area contributed by atoms with Crippen LogP contribution in [0.25, 0.3) is 0 Å². The van der Waals surface area contributed by atoms with Crippen LogP contribution >= 0.6 is 0 Å². The minimum absolute atomic E-state index is 0.0438. The Kier molecular flexibility index (Phi) is 5.13. The van der Waals surface area contributed by atoms with Crippen molar-refractivity contribution < 1.29 is 13.2 Å². The van der Waals surface area contributed by atoms with Gasteiger partial charge in [0.2, 0.25) is 5.95 Å². The molecule has 0 aliphatic rings. The molecule has 8 heteroatoms. The second-order valence-electron chi connectivity index (χ2n) is 4.49. The number of nitrogens with one attached hydrogen (secondary N) is 2. The third-order valence-corrected chi connectivity index (χ3v) is 2.76. The number of anilines is 2. The quantitative estimate of drug-likeness (QED) is 0.859. The van der Waals surface area contributed by atoms with Gasteiger partial charge in [-0.05, 0) is 19.1 Å². The molecule has 0 fully saturated rings. The second kappa shape index (κ2) is 7.06. The fourth-order valence-electron chi connectivity index (χ4n) is 1.78. The van der Waals surface area contributed by atoms with Crippen molar-refractivity contribution in [2.75, 3.05) is 23.7 Å². The van der Waals surface area contributed by atoms with Gasteiger partial charge in [0.15, 0.2) is 5.69 Å². The van der Waals surface area contributed by atoms with E-state index in [4.69, 9.17) is 0 Å². The maximum atomic E-state index is 12.8. The number of aromatic nitrogens is 3. The number of hydrogen-bond donors (Lipinski definition) is 2. The maximum Gasteiger partial charge on any atom is 0.433 e. The van der Waals surface area contributed by atoms with Gasteiger partial charge in [-0.15, -0.1) is 0 Å². The number of hydrogen-bond acceptors (Lipinski definition) is 5. The van der Waals surface area contributed by atoms with Gasteiger partial charge in [-0.3, -0.25) is 4.98 Å². The molecule has 0 amide bonds. The van der Waals surface area contributed by atoms with Gasteiger partial charge in [-0.1, -0.05) is 6.07 Å². The first kappa shape index (κ1) is 16.0. The fraction of sp³-hybridized carbons (Fsp3) is 0.357. The lowest BCUT2D eigenvalue weighted by Gasteiger charge is -2.12. The molecule has 0 bridgehead atoms. The minimum atomic E-state index is -4.51. The van der Waals surface area contributed by atoms with Crippen LogP contribution in [0.15, 0.2) is 30.5 Å². The van der Waals surface area contributed by atoms with Gasteiger partial charge >= 0.3 is 6.18 Å². The van der Waals surface area contributed by atoms with E-state index in [1.807, 2.05) is 12.1 Å². The smallest absolute Gasteiger partial charge is 0.370 e. The summed E-state index contributed by atoms with van der Waals surface area (Å²) in [5.41, 5.74) is -0.120. The second-order valence-corrected chi connectivity index (χ2v) is 4.49. The van der Waals surface area contributed by atoms with Gasteiger partial charge in [0.1, 0.15) is 5.82 Å². The van der Waals surface area contributed by atoms with Crippen LogP contribution in [-0.4, -0.2) is 28.0 Å². The van der Waals surface area contributed by atoms with Gasteiger partial charge in [0.05, 0.1) is 0 Å². The van der Waals surface area contributed by atoms with Crippen LogP contribution in [0.1, 0.15) is 18.3 Å². The van der Waals surface area contributed by atoms with Crippen LogP contribution in [0, 0.1) is 0 Å². The summed E-state index contributed by atoms with van der Waals surface area (Å²) >= 11 is 0. The third-order valence-electron chi connectivity index (χ3n) is 2.76. The van der Waals surface area contributed by atoms with Crippen molar-refractivity contribution in [2.45, 2.75) is 19.5 Å². The van der Waals surface area contributed by atoms with Crippen LogP contribution in [0.4, 0.5) is 24.9 Å². The summed E-state index contributed by atoms with van der Waals surface area (Å²) in [5.74, 6) is 0.0897. The van der Waals surface area contributed by atoms with E-state index in [1.165, 1.54) is 0 Å². The average molecular weight is 311 g/mol. The predicted molar refractivity (Wildman–Crippen MR) is 77.6 cm³/mol. The molecule has 0 atom stereocenters. The first-order valence-electron chi connectivity index (χ1n) is 6.83. The molecular weight excluding hydrogens is 295 g/mol. The Balaban J connectivity index is 2.07. The zero-order chi connectivity index (χ0) is 16.0. The highest BCUT2D eigenvalue weighted by molar-refractivity contribution is 5.43. The number of alkyl halides is 3. The summed E-state index contributed by atoms with van der Waals surface area (Å²) in [6.45, 7) is 2.63. The molecule has 2 N–H and O–H groups in total. The molecule has 0 radical (unpaired) electrons. The number of halogens is 3. The zero-order valence-corrected chi connectivity index (χ0v) is 12.0.